The van der Waals surface area contributed by atoms with Crippen LogP contribution in [0.3, 0.4) is 0 Å². The van der Waals surface area contributed by atoms with Crippen molar-refractivity contribution in [1.29, 1.82) is 0 Å². The second kappa shape index (κ2) is 7.05. The van der Waals surface area contributed by atoms with Gasteiger partial charge in [0.05, 0.1) is 11.5 Å². The van der Waals surface area contributed by atoms with Crippen LogP contribution in [0.2, 0.25) is 0 Å². The highest BCUT2D eigenvalue weighted by atomic mass is 16.6. The lowest BCUT2D eigenvalue weighted by molar-refractivity contribution is -0.385. The Morgan fingerprint density at radius 2 is 2.30 bits per heavy atom. The molecule has 0 unspecified atom stereocenters. The fourth-order valence-electron chi connectivity index (χ4n) is 2.16. The zero-order valence-corrected chi connectivity index (χ0v) is 13.1. The predicted octanol–water partition coefficient (Wildman–Crippen LogP) is 1.90. The zero-order valence-electron chi connectivity index (χ0n) is 13.1. The van der Waals surface area contributed by atoms with Crippen molar-refractivity contribution < 1.29 is 18.9 Å². The Bertz CT molecular complexity index is 706. The van der Waals surface area contributed by atoms with Gasteiger partial charge in [0, 0.05) is 13.5 Å². The van der Waals surface area contributed by atoms with E-state index in [2.05, 4.69) is 15.5 Å². The Kier molecular flexibility index (Phi) is 5.12. The van der Waals surface area contributed by atoms with Gasteiger partial charge < -0.3 is 14.5 Å². The Labute approximate surface area is 132 Å². The normalized spacial score (nSPS) is 12.1. The SMILES string of the molecule is CCc1ccc([C@H](COC)NC(=O)c2n[nH]c(C)c2[N+](=O)[O-])o1. The predicted molar refractivity (Wildman–Crippen MR) is 80.1 cm³/mol. The number of ether oxygens (including phenoxy) is 1. The second-order valence-electron chi connectivity index (χ2n) is 4.94. The van der Waals surface area contributed by atoms with E-state index in [-0.39, 0.29) is 23.7 Å². The van der Waals surface area contributed by atoms with Crippen LogP contribution in [-0.4, -0.2) is 34.7 Å². The third-order valence-corrected chi connectivity index (χ3v) is 3.33. The van der Waals surface area contributed by atoms with Crippen LogP contribution in [0.25, 0.3) is 0 Å². The maximum atomic E-state index is 12.3. The van der Waals surface area contributed by atoms with Gasteiger partial charge in [-0.25, -0.2) is 0 Å². The van der Waals surface area contributed by atoms with Gasteiger partial charge in [0.25, 0.3) is 5.91 Å². The second-order valence-corrected chi connectivity index (χ2v) is 4.94. The summed E-state index contributed by atoms with van der Waals surface area (Å²) in [5.74, 6) is 0.626. The highest BCUT2D eigenvalue weighted by molar-refractivity contribution is 5.96. The van der Waals surface area contributed by atoms with Gasteiger partial charge in [-0.3, -0.25) is 20.0 Å². The first-order chi connectivity index (χ1) is 11.0. The number of H-pyrrole nitrogens is 1. The molecule has 0 aromatic carbocycles. The van der Waals surface area contributed by atoms with Gasteiger partial charge in [0.1, 0.15) is 23.3 Å². The zero-order chi connectivity index (χ0) is 17.0. The minimum Gasteiger partial charge on any atom is -0.464 e. The highest BCUT2D eigenvalue weighted by Crippen LogP contribution is 2.22. The summed E-state index contributed by atoms with van der Waals surface area (Å²) in [6, 6.07) is 2.99. The molecular weight excluding hydrogens is 304 g/mol. The summed E-state index contributed by atoms with van der Waals surface area (Å²) in [5, 5.41) is 19.9. The molecule has 1 amide bonds. The third kappa shape index (κ3) is 3.57. The molecule has 23 heavy (non-hydrogen) atoms. The maximum absolute atomic E-state index is 12.3. The quantitative estimate of drug-likeness (QED) is 0.592. The molecule has 0 saturated heterocycles. The number of aromatic amines is 1. The average Bonchev–Trinajstić information content (AvgIpc) is 3.12. The molecule has 124 valence electrons. The number of methoxy groups -OCH3 is 1. The lowest BCUT2D eigenvalue weighted by Crippen LogP contribution is -2.31. The summed E-state index contributed by atoms with van der Waals surface area (Å²) < 4.78 is 10.7. The van der Waals surface area contributed by atoms with Crippen LogP contribution in [0.15, 0.2) is 16.5 Å². The first kappa shape index (κ1) is 16.7. The van der Waals surface area contributed by atoms with Crippen LogP contribution >= 0.6 is 0 Å². The van der Waals surface area contributed by atoms with Gasteiger partial charge in [-0.1, -0.05) is 6.92 Å². The molecule has 0 aliphatic rings. The first-order valence-corrected chi connectivity index (χ1v) is 7.05. The van der Waals surface area contributed by atoms with E-state index in [9.17, 15) is 14.9 Å². The van der Waals surface area contributed by atoms with Crippen molar-refractivity contribution in [1.82, 2.24) is 15.5 Å². The van der Waals surface area contributed by atoms with Crippen molar-refractivity contribution in [3.63, 3.8) is 0 Å². The van der Waals surface area contributed by atoms with Gasteiger partial charge in [-0.05, 0) is 19.1 Å². The molecule has 9 heteroatoms. The topological polar surface area (TPSA) is 123 Å². The number of aromatic nitrogens is 2. The number of hydrogen-bond acceptors (Lipinski definition) is 6. The van der Waals surface area contributed by atoms with E-state index in [1.165, 1.54) is 14.0 Å². The molecule has 0 radical (unpaired) electrons. The van der Waals surface area contributed by atoms with Gasteiger partial charge in [0.2, 0.25) is 5.69 Å². The summed E-state index contributed by atoms with van der Waals surface area (Å²) in [6.07, 6.45) is 0.720. The molecule has 0 saturated carbocycles. The minimum atomic E-state index is -0.669. The molecule has 0 bridgehead atoms. The summed E-state index contributed by atoms with van der Waals surface area (Å²) in [6.45, 7) is 3.59. The number of carbonyl (C=O) groups is 1. The van der Waals surface area contributed by atoms with Gasteiger partial charge in [0.15, 0.2) is 0 Å². The standard InChI is InChI=1S/C14H18N4O5/c1-4-9-5-6-11(23-9)10(7-22-3)15-14(19)12-13(18(20)21)8(2)16-17-12/h5-6,10H,4,7H2,1-3H3,(H,15,19)(H,16,17)/t10-/m0/s1. The van der Waals surface area contributed by atoms with Gasteiger partial charge >= 0.3 is 5.69 Å². The number of nitrogens with zero attached hydrogens (tertiary/aromatic N) is 2. The van der Waals surface area contributed by atoms with Gasteiger partial charge in [-0.15, -0.1) is 0 Å². The number of nitro groups is 1. The molecule has 0 aliphatic heterocycles. The lowest BCUT2D eigenvalue weighted by Gasteiger charge is -2.14. The summed E-state index contributed by atoms with van der Waals surface area (Å²) >= 11 is 0. The summed E-state index contributed by atoms with van der Waals surface area (Å²) in [7, 11) is 1.49. The largest absolute Gasteiger partial charge is 0.464 e. The Balaban J connectivity index is 2.23. The molecule has 2 aromatic rings. The summed E-state index contributed by atoms with van der Waals surface area (Å²) in [4.78, 5) is 22.7. The van der Waals surface area contributed by atoms with Crippen molar-refractivity contribution in [3.8, 4) is 0 Å². The van der Waals surface area contributed by atoms with Crippen molar-refractivity contribution in [2.24, 2.45) is 0 Å². The van der Waals surface area contributed by atoms with E-state index in [0.29, 0.717) is 5.76 Å². The van der Waals surface area contributed by atoms with Crippen LogP contribution in [0.5, 0.6) is 0 Å². The Morgan fingerprint density at radius 1 is 1.57 bits per heavy atom. The minimum absolute atomic E-state index is 0.166. The molecule has 1 atom stereocenters. The van der Waals surface area contributed by atoms with Crippen molar-refractivity contribution >= 4 is 11.6 Å². The van der Waals surface area contributed by atoms with Crippen LogP contribution in [0, 0.1) is 17.0 Å². The number of aryl methyl sites for hydroxylation is 2. The van der Waals surface area contributed by atoms with Crippen LogP contribution in [0.4, 0.5) is 5.69 Å². The Morgan fingerprint density at radius 3 is 2.87 bits per heavy atom. The Hall–Kier alpha value is -2.68. The van der Waals surface area contributed by atoms with E-state index >= 15 is 0 Å². The molecule has 9 nitrogen and oxygen atoms in total. The molecule has 2 N–H and O–H groups in total. The number of amides is 1. The lowest BCUT2D eigenvalue weighted by atomic mass is 10.2. The molecule has 2 rings (SSSR count). The van der Waals surface area contributed by atoms with Crippen LogP contribution in [-0.2, 0) is 11.2 Å². The number of carbonyl (C=O) groups excluding carboxylic acids is 1. The van der Waals surface area contributed by atoms with Crippen molar-refractivity contribution in [3.05, 3.63) is 45.2 Å². The van der Waals surface area contributed by atoms with Gasteiger partial charge in [-0.2, -0.15) is 5.10 Å². The highest BCUT2D eigenvalue weighted by Gasteiger charge is 2.29. The number of hydrogen-bond donors (Lipinski definition) is 2. The third-order valence-electron chi connectivity index (χ3n) is 3.33. The van der Waals surface area contributed by atoms with E-state index in [4.69, 9.17) is 9.15 Å². The maximum Gasteiger partial charge on any atom is 0.322 e. The van der Waals surface area contributed by atoms with Crippen molar-refractivity contribution in [2.75, 3.05) is 13.7 Å². The molecule has 2 heterocycles. The molecule has 0 aliphatic carbocycles. The van der Waals surface area contributed by atoms with E-state index < -0.39 is 16.9 Å². The van der Waals surface area contributed by atoms with Crippen LogP contribution < -0.4 is 5.32 Å². The van der Waals surface area contributed by atoms with E-state index in [0.717, 1.165) is 12.2 Å². The van der Waals surface area contributed by atoms with Crippen LogP contribution in [0.1, 0.15) is 40.7 Å². The van der Waals surface area contributed by atoms with Crippen molar-refractivity contribution in [2.45, 2.75) is 26.3 Å². The molecule has 0 spiro atoms. The van der Waals surface area contributed by atoms with E-state index in [1.807, 2.05) is 13.0 Å². The molecular formula is C14H18N4O5. The number of nitrogens with one attached hydrogen (secondary N) is 2. The smallest absolute Gasteiger partial charge is 0.322 e. The summed E-state index contributed by atoms with van der Waals surface area (Å²) in [5.41, 5.74) is -0.391. The monoisotopic (exact) mass is 322 g/mol. The number of furan rings is 1. The fraction of sp³-hybridized carbons (Fsp3) is 0.429. The molecule has 0 fully saturated rings. The molecule has 2 aromatic heterocycles. The average molecular weight is 322 g/mol. The first-order valence-electron chi connectivity index (χ1n) is 7.05. The number of rotatable bonds is 7. The van der Waals surface area contributed by atoms with E-state index in [1.54, 1.807) is 6.07 Å². The fourth-order valence-corrected chi connectivity index (χ4v) is 2.16.